The molecule has 0 spiro atoms. The first-order chi connectivity index (χ1) is 13.4. The zero-order chi connectivity index (χ0) is 21.1. The van der Waals surface area contributed by atoms with E-state index in [0.717, 1.165) is 12.8 Å². The van der Waals surface area contributed by atoms with E-state index in [4.69, 9.17) is 0 Å². The van der Waals surface area contributed by atoms with Crippen LogP contribution in [0.1, 0.15) is 103 Å². The number of amides is 1. The molecule has 0 saturated heterocycles. The van der Waals surface area contributed by atoms with Crippen LogP contribution >= 0.6 is 7.14 Å². The van der Waals surface area contributed by atoms with Crippen molar-refractivity contribution in [1.29, 1.82) is 0 Å². The van der Waals surface area contributed by atoms with Crippen molar-refractivity contribution in [3.05, 3.63) is 12.2 Å². The van der Waals surface area contributed by atoms with Crippen LogP contribution in [0, 0.1) is 0 Å². The van der Waals surface area contributed by atoms with E-state index in [1.807, 2.05) is 0 Å². The molecule has 1 amide bonds. The summed E-state index contributed by atoms with van der Waals surface area (Å²) in [6.45, 7) is 5.81. The van der Waals surface area contributed by atoms with Gasteiger partial charge in [0.25, 0.3) is 0 Å². The number of aliphatic hydroxyl groups excluding tert-OH is 1. The molecular formula is C23H46NO3P. The minimum absolute atomic E-state index is 0.0341. The molecule has 0 aliphatic carbocycles. The van der Waals surface area contributed by atoms with E-state index in [1.54, 1.807) is 13.3 Å². The third-order valence-electron chi connectivity index (χ3n) is 5.11. The summed E-state index contributed by atoms with van der Waals surface area (Å²) in [5.74, 6) is -0.778. The molecule has 0 aromatic carbocycles. The molecule has 1 unspecified atom stereocenters. The number of carbonyl (C=O) groups excluding carboxylic acids is 1. The minimum atomic E-state index is -2.47. The Morgan fingerprint density at radius 1 is 0.893 bits per heavy atom. The molecule has 0 saturated carbocycles. The number of nitrogens with one attached hydrogen (secondary N) is 1. The minimum Gasteiger partial charge on any atom is -0.385 e. The highest BCUT2D eigenvalue weighted by Crippen LogP contribution is 2.42. The molecule has 5 heteroatoms. The first kappa shape index (κ1) is 27.4. The van der Waals surface area contributed by atoms with Gasteiger partial charge in [-0.25, -0.2) is 0 Å². The van der Waals surface area contributed by atoms with Crippen molar-refractivity contribution in [2.24, 2.45) is 0 Å². The van der Waals surface area contributed by atoms with Crippen LogP contribution in [-0.4, -0.2) is 36.7 Å². The van der Waals surface area contributed by atoms with Crippen molar-refractivity contribution in [2.75, 3.05) is 19.9 Å². The van der Waals surface area contributed by atoms with Gasteiger partial charge in [-0.3, -0.25) is 4.79 Å². The van der Waals surface area contributed by atoms with Crippen molar-refractivity contribution in [2.45, 2.75) is 109 Å². The summed E-state index contributed by atoms with van der Waals surface area (Å²) in [7, 11) is -2.47. The molecule has 0 bridgehead atoms. The van der Waals surface area contributed by atoms with Crippen molar-refractivity contribution in [1.82, 2.24) is 5.32 Å². The predicted molar refractivity (Wildman–Crippen MR) is 123 cm³/mol. The summed E-state index contributed by atoms with van der Waals surface area (Å²) >= 11 is 0. The number of unbranched alkanes of at least 4 members (excludes halogenated alkanes) is 11. The topological polar surface area (TPSA) is 66.4 Å². The SMILES string of the molecule is CCCCCCCC/C=C\CCCCCCCC(=O)NCCC(O)P(C)(C)=O. The molecule has 2 N–H and O–H groups in total. The molecular weight excluding hydrogens is 369 g/mol. The Bertz CT molecular complexity index is 445. The second-order valence-electron chi connectivity index (χ2n) is 8.39. The summed E-state index contributed by atoms with van der Waals surface area (Å²) in [5.41, 5.74) is 0. The Kier molecular flexibility index (Phi) is 18.0. The highest BCUT2D eigenvalue weighted by Gasteiger charge is 2.19. The Labute approximate surface area is 174 Å². The van der Waals surface area contributed by atoms with Crippen LogP contribution in [0.25, 0.3) is 0 Å². The molecule has 0 aliphatic rings. The van der Waals surface area contributed by atoms with E-state index >= 15 is 0 Å². The van der Waals surface area contributed by atoms with Crippen LogP contribution in [-0.2, 0) is 9.36 Å². The zero-order valence-corrected chi connectivity index (χ0v) is 19.7. The van der Waals surface area contributed by atoms with E-state index in [-0.39, 0.29) is 5.91 Å². The van der Waals surface area contributed by atoms with Crippen LogP contribution in [0.4, 0.5) is 0 Å². The fourth-order valence-corrected chi connectivity index (χ4v) is 3.85. The molecule has 0 rings (SSSR count). The smallest absolute Gasteiger partial charge is 0.219 e. The molecule has 1 atom stereocenters. The lowest BCUT2D eigenvalue weighted by Gasteiger charge is -2.15. The molecule has 4 nitrogen and oxygen atoms in total. The van der Waals surface area contributed by atoms with Crippen molar-refractivity contribution >= 4 is 13.0 Å². The molecule has 0 heterocycles. The van der Waals surface area contributed by atoms with Gasteiger partial charge in [-0.15, -0.1) is 0 Å². The zero-order valence-electron chi connectivity index (χ0n) is 18.8. The van der Waals surface area contributed by atoms with Gasteiger partial charge in [-0.2, -0.15) is 0 Å². The quantitative estimate of drug-likeness (QED) is 0.144. The van der Waals surface area contributed by atoms with E-state index in [2.05, 4.69) is 24.4 Å². The average molecular weight is 416 g/mol. The maximum absolute atomic E-state index is 11.7. The number of aliphatic hydroxyl groups is 1. The molecule has 0 aliphatic heterocycles. The van der Waals surface area contributed by atoms with Crippen LogP contribution < -0.4 is 5.32 Å². The maximum atomic E-state index is 11.7. The van der Waals surface area contributed by atoms with Crippen LogP contribution in [0.5, 0.6) is 0 Å². The largest absolute Gasteiger partial charge is 0.385 e. The van der Waals surface area contributed by atoms with Gasteiger partial charge in [-0.05, 0) is 51.9 Å². The number of carbonyl (C=O) groups is 1. The highest BCUT2D eigenvalue weighted by molar-refractivity contribution is 7.62. The monoisotopic (exact) mass is 415 g/mol. The fourth-order valence-electron chi connectivity index (χ4n) is 3.10. The molecule has 0 fully saturated rings. The normalized spacial score (nSPS) is 13.1. The molecule has 28 heavy (non-hydrogen) atoms. The van der Waals surface area contributed by atoms with Crippen LogP contribution in [0.15, 0.2) is 12.2 Å². The second kappa shape index (κ2) is 18.4. The lowest BCUT2D eigenvalue weighted by Crippen LogP contribution is -2.26. The van der Waals surface area contributed by atoms with Crippen molar-refractivity contribution in [3.8, 4) is 0 Å². The van der Waals surface area contributed by atoms with E-state index in [0.29, 0.717) is 19.4 Å². The molecule has 0 aromatic rings. The van der Waals surface area contributed by atoms with Gasteiger partial charge in [0.15, 0.2) is 0 Å². The molecule has 166 valence electrons. The second-order valence-corrected chi connectivity index (χ2v) is 11.9. The van der Waals surface area contributed by atoms with Crippen molar-refractivity contribution < 1.29 is 14.5 Å². The van der Waals surface area contributed by atoms with Gasteiger partial charge in [0.05, 0.1) is 0 Å². The summed E-state index contributed by atoms with van der Waals surface area (Å²) in [6.07, 6.45) is 21.9. The Morgan fingerprint density at radius 3 is 1.93 bits per heavy atom. The third-order valence-corrected chi connectivity index (χ3v) is 6.80. The number of allylic oxidation sites excluding steroid dienone is 2. The molecule has 0 radical (unpaired) electrons. The third kappa shape index (κ3) is 18.7. The van der Waals surface area contributed by atoms with E-state index in [9.17, 15) is 14.5 Å². The highest BCUT2D eigenvalue weighted by atomic mass is 31.2. The van der Waals surface area contributed by atoms with Gasteiger partial charge in [0.1, 0.15) is 13.0 Å². The van der Waals surface area contributed by atoms with Crippen LogP contribution in [0.2, 0.25) is 0 Å². The standard InChI is InChI=1S/C23H46NO3P/c1-4-5-6-7-8-9-10-11-12-13-14-15-16-17-18-19-22(25)24-21-20-23(26)28(2,3)27/h11-12,23,26H,4-10,13-21H2,1-3H3,(H,24,25)/b12-11-. The number of hydrogen-bond acceptors (Lipinski definition) is 3. The van der Waals surface area contributed by atoms with Gasteiger partial charge in [0.2, 0.25) is 5.91 Å². The van der Waals surface area contributed by atoms with E-state index < -0.39 is 13.0 Å². The van der Waals surface area contributed by atoms with Gasteiger partial charge < -0.3 is 15.0 Å². The Morgan fingerprint density at radius 2 is 1.39 bits per heavy atom. The lowest BCUT2D eigenvalue weighted by atomic mass is 10.1. The van der Waals surface area contributed by atoms with Crippen LogP contribution in [0.3, 0.4) is 0 Å². The van der Waals surface area contributed by atoms with E-state index in [1.165, 1.54) is 70.6 Å². The lowest BCUT2D eigenvalue weighted by molar-refractivity contribution is -0.121. The van der Waals surface area contributed by atoms with Crippen molar-refractivity contribution in [3.63, 3.8) is 0 Å². The fraction of sp³-hybridized carbons (Fsp3) is 0.870. The maximum Gasteiger partial charge on any atom is 0.219 e. The van der Waals surface area contributed by atoms with Gasteiger partial charge >= 0.3 is 0 Å². The summed E-state index contributed by atoms with van der Waals surface area (Å²) in [6, 6.07) is 0. The first-order valence-electron chi connectivity index (χ1n) is 11.5. The van der Waals surface area contributed by atoms with Gasteiger partial charge in [0, 0.05) is 13.0 Å². The average Bonchev–Trinajstić information content (AvgIpc) is 2.64. The summed E-state index contributed by atoms with van der Waals surface area (Å²) in [4.78, 5) is 11.7. The first-order valence-corrected chi connectivity index (χ1v) is 14.2. The number of rotatable bonds is 19. The Hall–Kier alpha value is -0.600. The molecule has 0 aromatic heterocycles. The summed E-state index contributed by atoms with van der Waals surface area (Å²) < 4.78 is 11.7. The predicted octanol–water partition coefficient (Wildman–Crippen LogP) is 6.47. The summed E-state index contributed by atoms with van der Waals surface area (Å²) in [5, 5.41) is 12.5. The number of hydrogen-bond donors (Lipinski definition) is 2. The van der Waals surface area contributed by atoms with Gasteiger partial charge in [-0.1, -0.05) is 70.4 Å². The Balaban J connectivity index is 3.35.